The summed E-state index contributed by atoms with van der Waals surface area (Å²) in [6.07, 6.45) is 0. The highest BCUT2D eigenvalue weighted by molar-refractivity contribution is 6.30. The maximum atomic E-state index is 12.6. The molecule has 0 aliphatic heterocycles. The third-order valence-corrected chi connectivity index (χ3v) is 4.03. The minimum atomic E-state index is -0.165. The third-order valence-electron chi connectivity index (χ3n) is 3.79. The lowest BCUT2D eigenvalue weighted by Gasteiger charge is -2.09. The fourth-order valence-electron chi connectivity index (χ4n) is 2.73. The second kappa shape index (κ2) is 7.11. The molecule has 25 heavy (non-hydrogen) atoms. The fraction of sp³-hybridized carbons (Fsp3) is 0.278. The molecule has 1 N–H and O–H groups in total. The summed E-state index contributed by atoms with van der Waals surface area (Å²) in [7, 11) is 1.82. The molecule has 3 aromatic rings. The molecule has 0 radical (unpaired) electrons. The van der Waals surface area contributed by atoms with Gasteiger partial charge in [0.05, 0.1) is 23.2 Å². The second-order valence-corrected chi connectivity index (χ2v) is 6.22. The number of fused-ring (bicyclic) bond motifs is 1. The number of ether oxygens (including phenoxy) is 1. The van der Waals surface area contributed by atoms with Crippen molar-refractivity contribution in [1.29, 1.82) is 0 Å². The first kappa shape index (κ1) is 17.2. The summed E-state index contributed by atoms with van der Waals surface area (Å²) in [4.78, 5) is 17.1. The van der Waals surface area contributed by atoms with Gasteiger partial charge in [0.1, 0.15) is 12.4 Å². The monoisotopic (exact) mass is 358 g/mol. The van der Waals surface area contributed by atoms with Gasteiger partial charge >= 0.3 is 0 Å². The molecular formula is C18H19ClN4O2. The number of pyridine rings is 1. The van der Waals surface area contributed by atoms with Crippen molar-refractivity contribution in [1.82, 2.24) is 20.1 Å². The van der Waals surface area contributed by atoms with Crippen molar-refractivity contribution in [3.05, 3.63) is 52.3 Å². The molecule has 0 atom stereocenters. The van der Waals surface area contributed by atoms with E-state index in [1.807, 2.05) is 33.0 Å². The third kappa shape index (κ3) is 3.74. The zero-order valence-corrected chi connectivity index (χ0v) is 15.1. The maximum Gasteiger partial charge on any atom is 0.252 e. The van der Waals surface area contributed by atoms with Crippen molar-refractivity contribution < 1.29 is 9.53 Å². The summed E-state index contributed by atoms with van der Waals surface area (Å²) in [5.74, 6) is 0.508. The molecule has 130 valence electrons. The number of nitrogens with one attached hydrogen (secondary N) is 1. The summed E-state index contributed by atoms with van der Waals surface area (Å²) in [6, 6.07) is 8.94. The lowest BCUT2D eigenvalue weighted by Crippen LogP contribution is -2.28. The van der Waals surface area contributed by atoms with Crippen LogP contribution < -0.4 is 10.1 Å². The molecule has 2 aromatic heterocycles. The first-order valence-electron chi connectivity index (χ1n) is 7.93. The molecule has 0 spiro atoms. The molecule has 3 rings (SSSR count). The average Bonchev–Trinajstić information content (AvgIpc) is 2.85. The number of amides is 1. The van der Waals surface area contributed by atoms with Crippen molar-refractivity contribution in [3.8, 4) is 5.75 Å². The van der Waals surface area contributed by atoms with Crippen LogP contribution in [0, 0.1) is 13.8 Å². The van der Waals surface area contributed by atoms with E-state index in [1.54, 1.807) is 22.9 Å². The van der Waals surface area contributed by atoms with Crippen LogP contribution in [0.1, 0.15) is 21.7 Å². The standard InChI is InChI=1S/C18H19ClN4O2/c1-11-9-15(16-12(2)22-23(3)17(16)21-11)18(24)20-7-8-25-14-6-4-5-13(19)10-14/h4-6,9-10H,7-8H2,1-3H3,(H,20,24). The number of aromatic nitrogens is 3. The molecule has 7 heteroatoms. The Hall–Kier alpha value is -2.60. The molecule has 1 amide bonds. The lowest BCUT2D eigenvalue weighted by molar-refractivity contribution is 0.0948. The number of aryl methyl sites for hydroxylation is 3. The quantitative estimate of drug-likeness (QED) is 0.712. The highest BCUT2D eigenvalue weighted by Crippen LogP contribution is 2.21. The van der Waals surface area contributed by atoms with E-state index in [4.69, 9.17) is 16.3 Å². The Labute approximate surface area is 150 Å². The largest absolute Gasteiger partial charge is 0.492 e. The van der Waals surface area contributed by atoms with Crippen LogP contribution >= 0.6 is 11.6 Å². The molecule has 2 heterocycles. The van der Waals surface area contributed by atoms with Crippen LogP contribution in [0.15, 0.2) is 30.3 Å². The van der Waals surface area contributed by atoms with Gasteiger partial charge in [-0.3, -0.25) is 9.48 Å². The Balaban J connectivity index is 1.68. The van der Waals surface area contributed by atoms with Gasteiger partial charge in [-0.05, 0) is 38.1 Å². The van der Waals surface area contributed by atoms with Crippen LogP contribution in [0.5, 0.6) is 5.75 Å². The number of hydrogen-bond donors (Lipinski definition) is 1. The van der Waals surface area contributed by atoms with E-state index < -0.39 is 0 Å². The summed E-state index contributed by atoms with van der Waals surface area (Å²) < 4.78 is 7.28. The minimum Gasteiger partial charge on any atom is -0.492 e. The van der Waals surface area contributed by atoms with E-state index in [0.717, 1.165) is 16.8 Å². The van der Waals surface area contributed by atoms with E-state index in [1.165, 1.54) is 0 Å². The molecule has 0 aliphatic carbocycles. The van der Waals surface area contributed by atoms with Gasteiger partial charge in [0, 0.05) is 17.8 Å². The Morgan fingerprint density at radius 1 is 1.32 bits per heavy atom. The number of benzene rings is 1. The van der Waals surface area contributed by atoms with E-state index in [2.05, 4.69) is 15.4 Å². The maximum absolute atomic E-state index is 12.6. The molecule has 0 saturated heterocycles. The van der Waals surface area contributed by atoms with Crippen molar-refractivity contribution in [2.75, 3.05) is 13.2 Å². The molecule has 0 fully saturated rings. The smallest absolute Gasteiger partial charge is 0.252 e. The Bertz CT molecular complexity index is 936. The topological polar surface area (TPSA) is 69.0 Å². The highest BCUT2D eigenvalue weighted by Gasteiger charge is 2.17. The number of nitrogens with zero attached hydrogens (tertiary/aromatic N) is 3. The molecular weight excluding hydrogens is 340 g/mol. The van der Waals surface area contributed by atoms with Crippen molar-refractivity contribution in [2.45, 2.75) is 13.8 Å². The molecule has 1 aromatic carbocycles. The van der Waals surface area contributed by atoms with E-state index in [9.17, 15) is 4.79 Å². The van der Waals surface area contributed by atoms with Gasteiger partial charge in [0.2, 0.25) is 0 Å². The van der Waals surface area contributed by atoms with Gasteiger partial charge in [0.15, 0.2) is 5.65 Å². The normalized spacial score (nSPS) is 10.9. The van der Waals surface area contributed by atoms with Crippen LogP contribution in [0.2, 0.25) is 5.02 Å². The van der Waals surface area contributed by atoms with Crippen molar-refractivity contribution >= 4 is 28.5 Å². The van der Waals surface area contributed by atoms with E-state index in [-0.39, 0.29) is 5.91 Å². The molecule has 0 bridgehead atoms. The summed E-state index contributed by atoms with van der Waals surface area (Å²) in [5, 5.41) is 8.63. The SMILES string of the molecule is Cc1cc(C(=O)NCCOc2cccc(Cl)c2)c2c(C)nn(C)c2n1. The Morgan fingerprint density at radius 2 is 2.12 bits per heavy atom. The van der Waals surface area contributed by atoms with E-state index >= 15 is 0 Å². The predicted molar refractivity (Wildman–Crippen MR) is 97.3 cm³/mol. The summed E-state index contributed by atoms with van der Waals surface area (Å²) in [5.41, 5.74) is 2.84. The van der Waals surface area contributed by atoms with Gasteiger partial charge in [-0.1, -0.05) is 17.7 Å². The highest BCUT2D eigenvalue weighted by atomic mass is 35.5. The molecule has 0 saturated carbocycles. The minimum absolute atomic E-state index is 0.165. The van der Waals surface area contributed by atoms with Crippen molar-refractivity contribution in [2.24, 2.45) is 7.05 Å². The summed E-state index contributed by atoms with van der Waals surface area (Å²) >= 11 is 5.91. The molecule has 0 aliphatic rings. The van der Waals surface area contributed by atoms with Crippen LogP contribution in [0.25, 0.3) is 11.0 Å². The number of halogens is 1. The number of carbonyl (C=O) groups is 1. The zero-order valence-electron chi connectivity index (χ0n) is 14.3. The Kier molecular flexibility index (Phi) is 4.90. The number of carbonyl (C=O) groups excluding carboxylic acids is 1. The number of hydrogen-bond acceptors (Lipinski definition) is 4. The molecule has 0 unspecified atom stereocenters. The predicted octanol–water partition coefficient (Wildman–Crippen LogP) is 3.05. The van der Waals surface area contributed by atoms with Crippen LogP contribution in [-0.2, 0) is 7.05 Å². The van der Waals surface area contributed by atoms with Gasteiger partial charge in [-0.15, -0.1) is 0 Å². The zero-order chi connectivity index (χ0) is 18.0. The van der Waals surface area contributed by atoms with Crippen LogP contribution in [0.3, 0.4) is 0 Å². The van der Waals surface area contributed by atoms with E-state index in [0.29, 0.717) is 35.1 Å². The molecule has 6 nitrogen and oxygen atoms in total. The van der Waals surface area contributed by atoms with Gasteiger partial charge in [-0.25, -0.2) is 4.98 Å². The first-order chi connectivity index (χ1) is 12.0. The second-order valence-electron chi connectivity index (χ2n) is 5.78. The average molecular weight is 359 g/mol. The van der Waals surface area contributed by atoms with Crippen LogP contribution in [0.4, 0.5) is 0 Å². The van der Waals surface area contributed by atoms with Gasteiger partial charge < -0.3 is 10.1 Å². The Morgan fingerprint density at radius 3 is 2.88 bits per heavy atom. The van der Waals surface area contributed by atoms with Crippen molar-refractivity contribution in [3.63, 3.8) is 0 Å². The number of rotatable bonds is 5. The van der Waals surface area contributed by atoms with Gasteiger partial charge in [-0.2, -0.15) is 5.10 Å². The summed E-state index contributed by atoms with van der Waals surface area (Å²) in [6.45, 7) is 4.47. The van der Waals surface area contributed by atoms with Gasteiger partial charge in [0.25, 0.3) is 5.91 Å². The van der Waals surface area contributed by atoms with Crippen LogP contribution in [-0.4, -0.2) is 33.8 Å². The first-order valence-corrected chi connectivity index (χ1v) is 8.31. The fourth-order valence-corrected chi connectivity index (χ4v) is 2.91. The lowest BCUT2D eigenvalue weighted by atomic mass is 10.1.